The maximum Gasteiger partial charge on any atom is 0.241 e. The number of sulfonamides is 1. The highest BCUT2D eigenvalue weighted by atomic mass is 35.5. The third-order valence-corrected chi connectivity index (χ3v) is 5.18. The van der Waals surface area contributed by atoms with Crippen molar-refractivity contribution >= 4 is 21.6 Å². The minimum absolute atomic E-state index is 0.0816. The van der Waals surface area contributed by atoms with E-state index in [2.05, 4.69) is 4.72 Å². The first-order valence-corrected chi connectivity index (χ1v) is 8.17. The van der Waals surface area contributed by atoms with Gasteiger partial charge in [0.25, 0.3) is 0 Å². The second-order valence-corrected chi connectivity index (χ2v) is 6.90. The second kappa shape index (κ2) is 6.13. The van der Waals surface area contributed by atoms with Crippen molar-refractivity contribution in [2.75, 3.05) is 0 Å². The highest BCUT2D eigenvalue weighted by Crippen LogP contribution is 2.22. The van der Waals surface area contributed by atoms with E-state index in [-0.39, 0.29) is 11.4 Å². The molecule has 21 heavy (non-hydrogen) atoms. The Morgan fingerprint density at radius 1 is 1.14 bits per heavy atom. The molecule has 0 aromatic heterocycles. The summed E-state index contributed by atoms with van der Waals surface area (Å²) in [4.78, 5) is 0.107. The number of halogens is 2. The van der Waals surface area contributed by atoms with Gasteiger partial charge in [-0.05, 0) is 48.7 Å². The van der Waals surface area contributed by atoms with E-state index in [0.717, 1.165) is 0 Å². The minimum atomic E-state index is -3.73. The van der Waals surface area contributed by atoms with Crippen molar-refractivity contribution in [2.45, 2.75) is 25.3 Å². The predicted molar refractivity (Wildman–Crippen MR) is 81.4 cm³/mol. The average molecular weight is 328 g/mol. The van der Waals surface area contributed by atoms with Crippen molar-refractivity contribution in [3.63, 3.8) is 0 Å². The molecular formula is C15H15ClFNO2S. The van der Waals surface area contributed by atoms with E-state index in [0.29, 0.717) is 21.7 Å². The first kappa shape index (κ1) is 15.9. The fourth-order valence-electron chi connectivity index (χ4n) is 2.21. The molecule has 2 aromatic rings. The van der Waals surface area contributed by atoms with Gasteiger partial charge in [-0.2, -0.15) is 0 Å². The Hall–Kier alpha value is -1.43. The smallest absolute Gasteiger partial charge is 0.207 e. The van der Waals surface area contributed by atoms with E-state index >= 15 is 0 Å². The average Bonchev–Trinajstić information content (AvgIpc) is 2.36. The second-order valence-electron chi connectivity index (χ2n) is 4.78. The third-order valence-electron chi connectivity index (χ3n) is 3.10. The van der Waals surface area contributed by atoms with Gasteiger partial charge in [0.2, 0.25) is 10.0 Å². The minimum Gasteiger partial charge on any atom is -0.207 e. The van der Waals surface area contributed by atoms with Gasteiger partial charge < -0.3 is 0 Å². The molecule has 0 unspecified atom stereocenters. The summed E-state index contributed by atoms with van der Waals surface area (Å²) < 4.78 is 40.6. The largest absolute Gasteiger partial charge is 0.241 e. The zero-order chi connectivity index (χ0) is 15.6. The summed E-state index contributed by atoms with van der Waals surface area (Å²) in [6.07, 6.45) is 0. The van der Waals surface area contributed by atoms with Gasteiger partial charge in [0.05, 0.1) is 4.90 Å². The number of rotatable bonds is 4. The van der Waals surface area contributed by atoms with Crippen molar-refractivity contribution in [3.8, 4) is 0 Å². The Bertz CT molecular complexity index is 752. The molecule has 0 radical (unpaired) electrons. The van der Waals surface area contributed by atoms with Crippen molar-refractivity contribution in [3.05, 3.63) is 63.9 Å². The van der Waals surface area contributed by atoms with Gasteiger partial charge in [-0.25, -0.2) is 17.5 Å². The highest BCUT2D eigenvalue weighted by Gasteiger charge is 2.20. The molecule has 112 valence electrons. The first-order chi connectivity index (χ1) is 9.81. The Morgan fingerprint density at radius 3 is 2.29 bits per heavy atom. The molecule has 0 fully saturated rings. The molecule has 0 aliphatic heterocycles. The first-order valence-electron chi connectivity index (χ1n) is 6.31. The predicted octanol–water partition coefficient (Wildman–Crippen LogP) is 3.57. The fourth-order valence-corrected chi connectivity index (χ4v) is 3.87. The number of hydrogen-bond acceptors (Lipinski definition) is 2. The summed E-state index contributed by atoms with van der Waals surface area (Å²) in [5.41, 5.74) is 1.43. The Morgan fingerprint density at radius 2 is 1.71 bits per heavy atom. The van der Waals surface area contributed by atoms with Gasteiger partial charge in [-0.15, -0.1) is 0 Å². The zero-order valence-electron chi connectivity index (χ0n) is 11.7. The molecule has 0 saturated heterocycles. The number of hydrogen-bond donors (Lipinski definition) is 1. The van der Waals surface area contributed by atoms with Crippen LogP contribution in [0.2, 0.25) is 5.02 Å². The van der Waals surface area contributed by atoms with Crippen LogP contribution < -0.4 is 4.72 Å². The van der Waals surface area contributed by atoms with E-state index in [1.165, 1.54) is 12.1 Å². The molecule has 0 saturated carbocycles. The SMILES string of the molecule is Cc1cc(F)cc(C)c1S(=O)(=O)NCc1ccccc1Cl. The molecule has 0 spiro atoms. The molecule has 2 rings (SSSR count). The van der Waals surface area contributed by atoms with Crippen LogP contribution in [0.25, 0.3) is 0 Å². The summed E-state index contributed by atoms with van der Waals surface area (Å²) in [6, 6.07) is 9.40. The van der Waals surface area contributed by atoms with Crippen molar-refractivity contribution in [1.29, 1.82) is 0 Å². The number of benzene rings is 2. The van der Waals surface area contributed by atoms with Crippen LogP contribution in [0.15, 0.2) is 41.3 Å². The quantitative estimate of drug-likeness (QED) is 0.933. The lowest BCUT2D eigenvalue weighted by atomic mass is 10.1. The Kier molecular flexibility index (Phi) is 4.66. The van der Waals surface area contributed by atoms with Gasteiger partial charge in [0, 0.05) is 11.6 Å². The van der Waals surface area contributed by atoms with Crippen molar-refractivity contribution < 1.29 is 12.8 Å². The van der Waals surface area contributed by atoms with Crippen LogP contribution in [-0.4, -0.2) is 8.42 Å². The normalized spacial score (nSPS) is 11.6. The van der Waals surface area contributed by atoms with Crippen LogP contribution in [-0.2, 0) is 16.6 Å². The summed E-state index contributed by atoms with van der Waals surface area (Å²) in [6.45, 7) is 3.22. The maximum atomic E-state index is 13.3. The van der Waals surface area contributed by atoms with Crippen LogP contribution in [0.3, 0.4) is 0 Å². The van der Waals surface area contributed by atoms with Crippen LogP contribution in [0.4, 0.5) is 4.39 Å². The lowest BCUT2D eigenvalue weighted by Crippen LogP contribution is -2.25. The molecule has 3 nitrogen and oxygen atoms in total. The third kappa shape index (κ3) is 3.61. The van der Waals surface area contributed by atoms with Crippen LogP contribution in [0.1, 0.15) is 16.7 Å². The highest BCUT2D eigenvalue weighted by molar-refractivity contribution is 7.89. The Balaban J connectivity index is 2.30. The lowest BCUT2D eigenvalue weighted by Gasteiger charge is -2.13. The van der Waals surface area contributed by atoms with E-state index in [4.69, 9.17) is 11.6 Å². The summed E-state index contributed by atoms with van der Waals surface area (Å²) in [5.74, 6) is -0.449. The molecule has 0 aliphatic carbocycles. The molecule has 6 heteroatoms. The summed E-state index contributed by atoms with van der Waals surface area (Å²) in [5, 5.41) is 0.493. The lowest BCUT2D eigenvalue weighted by molar-refractivity contribution is 0.578. The van der Waals surface area contributed by atoms with Gasteiger partial charge in [-0.3, -0.25) is 0 Å². The topological polar surface area (TPSA) is 46.2 Å². The van der Waals surface area contributed by atoms with E-state index < -0.39 is 15.8 Å². The maximum absolute atomic E-state index is 13.3. The van der Waals surface area contributed by atoms with Gasteiger partial charge in [0.1, 0.15) is 5.82 Å². The summed E-state index contributed by atoms with van der Waals surface area (Å²) in [7, 11) is -3.73. The van der Waals surface area contributed by atoms with Gasteiger partial charge >= 0.3 is 0 Å². The van der Waals surface area contributed by atoms with Crippen molar-refractivity contribution in [1.82, 2.24) is 4.72 Å². The monoisotopic (exact) mass is 327 g/mol. The number of aryl methyl sites for hydroxylation is 2. The molecule has 2 aromatic carbocycles. The van der Waals surface area contributed by atoms with Gasteiger partial charge in [-0.1, -0.05) is 29.8 Å². The summed E-state index contributed by atoms with van der Waals surface area (Å²) >= 11 is 6.00. The molecular weight excluding hydrogens is 313 g/mol. The van der Waals surface area contributed by atoms with Crippen molar-refractivity contribution in [2.24, 2.45) is 0 Å². The van der Waals surface area contributed by atoms with E-state index in [9.17, 15) is 12.8 Å². The van der Waals surface area contributed by atoms with E-state index in [1.807, 2.05) is 0 Å². The van der Waals surface area contributed by atoms with Crippen LogP contribution in [0, 0.1) is 19.7 Å². The molecule has 0 bridgehead atoms. The molecule has 0 heterocycles. The molecule has 0 amide bonds. The fraction of sp³-hybridized carbons (Fsp3) is 0.200. The van der Waals surface area contributed by atoms with Gasteiger partial charge in [0.15, 0.2) is 0 Å². The number of nitrogens with one attached hydrogen (secondary N) is 1. The van der Waals surface area contributed by atoms with Crippen LogP contribution >= 0.6 is 11.6 Å². The van der Waals surface area contributed by atoms with Crippen LogP contribution in [0.5, 0.6) is 0 Å². The molecule has 0 atom stereocenters. The standard InChI is InChI=1S/C15H15ClFNO2S/c1-10-7-13(17)8-11(2)15(10)21(19,20)18-9-12-5-3-4-6-14(12)16/h3-8,18H,9H2,1-2H3. The molecule has 1 N–H and O–H groups in total. The Labute approximate surface area is 128 Å². The van der Waals surface area contributed by atoms with E-state index in [1.54, 1.807) is 38.1 Å². The zero-order valence-corrected chi connectivity index (χ0v) is 13.2. The molecule has 0 aliphatic rings.